The highest BCUT2D eigenvalue weighted by Crippen LogP contribution is 2.22. The standard InChI is InChI=1S/C13H15ClFN3/c1-2-18-8-10(7-17-18)13(16)5-9-3-4-11(15)6-12(9)14/h3-4,6-8,13H,2,5,16H2,1H3. The molecule has 3 nitrogen and oxygen atoms in total. The summed E-state index contributed by atoms with van der Waals surface area (Å²) >= 11 is 5.98. The molecule has 0 saturated carbocycles. The summed E-state index contributed by atoms with van der Waals surface area (Å²) in [6.07, 6.45) is 4.24. The number of nitrogens with zero attached hydrogens (tertiary/aromatic N) is 2. The van der Waals surface area contributed by atoms with Crippen LogP contribution in [0.15, 0.2) is 30.6 Å². The van der Waals surface area contributed by atoms with E-state index in [1.54, 1.807) is 12.3 Å². The van der Waals surface area contributed by atoms with Gasteiger partial charge in [-0.2, -0.15) is 5.10 Å². The van der Waals surface area contributed by atoms with Crippen molar-refractivity contribution in [2.24, 2.45) is 5.73 Å². The zero-order valence-electron chi connectivity index (χ0n) is 10.1. The van der Waals surface area contributed by atoms with E-state index in [1.165, 1.54) is 12.1 Å². The molecule has 2 N–H and O–H groups in total. The largest absolute Gasteiger partial charge is 0.324 e. The molecule has 0 aliphatic carbocycles. The number of benzene rings is 1. The molecule has 0 aliphatic heterocycles. The van der Waals surface area contributed by atoms with Crippen LogP contribution in [0.5, 0.6) is 0 Å². The average Bonchev–Trinajstić information content (AvgIpc) is 2.81. The highest BCUT2D eigenvalue weighted by molar-refractivity contribution is 6.31. The topological polar surface area (TPSA) is 43.8 Å². The third-order valence-electron chi connectivity index (χ3n) is 2.86. The summed E-state index contributed by atoms with van der Waals surface area (Å²) in [5, 5.41) is 4.59. The molecule has 0 fully saturated rings. The van der Waals surface area contributed by atoms with Crippen LogP contribution in [0, 0.1) is 5.82 Å². The molecule has 18 heavy (non-hydrogen) atoms. The van der Waals surface area contributed by atoms with E-state index >= 15 is 0 Å². The minimum Gasteiger partial charge on any atom is -0.324 e. The maximum Gasteiger partial charge on any atom is 0.124 e. The molecule has 5 heteroatoms. The Labute approximate surface area is 110 Å². The van der Waals surface area contributed by atoms with E-state index in [4.69, 9.17) is 17.3 Å². The Bertz CT molecular complexity index is 539. The van der Waals surface area contributed by atoms with Gasteiger partial charge in [-0.3, -0.25) is 4.68 Å². The fraction of sp³-hybridized carbons (Fsp3) is 0.308. The molecule has 0 spiro atoms. The lowest BCUT2D eigenvalue weighted by Gasteiger charge is -2.10. The second-order valence-electron chi connectivity index (χ2n) is 4.18. The van der Waals surface area contributed by atoms with Gasteiger partial charge in [-0.1, -0.05) is 17.7 Å². The Morgan fingerprint density at radius 3 is 2.89 bits per heavy atom. The summed E-state index contributed by atoms with van der Waals surface area (Å²) in [6.45, 7) is 2.82. The van der Waals surface area contributed by atoms with Crippen LogP contribution in [-0.4, -0.2) is 9.78 Å². The van der Waals surface area contributed by atoms with Gasteiger partial charge in [-0.25, -0.2) is 4.39 Å². The van der Waals surface area contributed by atoms with Gasteiger partial charge in [0.15, 0.2) is 0 Å². The van der Waals surface area contributed by atoms with Crippen molar-refractivity contribution < 1.29 is 4.39 Å². The molecule has 2 aromatic rings. The molecule has 1 atom stereocenters. The lowest BCUT2D eigenvalue weighted by atomic mass is 10.0. The van der Waals surface area contributed by atoms with Crippen LogP contribution >= 0.6 is 11.6 Å². The number of rotatable bonds is 4. The van der Waals surface area contributed by atoms with Gasteiger partial charge in [0, 0.05) is 29.4 Å². The van der Waals surface area contributed by atoms with Gasteiger partial charge in [0.05, 0.1) is 6.20 Å². The molecule has 1 aromatic heterocycles. The Morgan fingerprint density at radius 1 is 1.50 bits per heavy atom. The Kier molecular flexibility index (Phi) is 3.99. The van der Waals surface area contributed by atoms with Gasteiger partial charge in [-0.15, -0.1) is 0 Å². The SMILES string of the molecule is CCn1cc(C(N)Cc2ccc(F)cc2Cl)cn1. The fourth-order valence-electron chi connectivity index (χ4n) is 1.79. The third kappa shape index (κ3) is 2.89. The normalized spacial score (nSPS) is 12.7. The molecule has 1 unspecified atom stereocenters. The Morgan fingerprint density at radius 2 is 2.28 bits per heavy atom. The fourth-order valence-corrected chi connectivity index (χ4v) is 2.03. The van der Waals surface area contributed by atoms with Crippen molar-refractivity contribution in [2.75, 3.05) is 0 Å². The van der Waals surface area contributed by atoms with E-state index in [0.717, 1.165) is 17.7 Å². The van der Waals surface area contributed by atoms with E-state index in [9.17, 15) is 4.39 Å². The zero-order chi connectivity index (χ0) is 13.1. The van der Waals surface area contributed by atoms with Gasteiger partial charge in [0.2, 0.25) is 0 Å². The molecule has 0 radical (unpaired) electrons. The first-order chi connectivity index (χ1) is 8.60. The Hall–Kier alpha value is -1.39. The van der Waals surface area contributed by atoms with Gasteiger partial charge in [0.25, 0.3) is 0 Å². The molecule has 2 rings (SSSR count). The quantitative estimate of drug-likeness (QED) is 0.926. The maximum atomic E-state index is 12.9. The summed E-state index contributed by atoms with van der Waals surface area (Å²) in [5.41, 5.74) is 7.89. The second kappa shape index (κ2) is 5.50. The summed E-state index contributed by atoms with van der Waals surface area (Å²) in [5.74, 6) is -0.337. The number of hydrogen-bond acceptors (Lipinski definition) is 2. The van der Waals surface area contributed by atoms with Crippen molar-refractivity contribution in [3.8, 4) is 0 Å². The van der Waals surface area contributed by atoms with Crippen molar-refractivity contribution in [1.82, 2.24) is 9.78 Å². The number of halogens is 2. The molecule has 0 saturated heterocycles. The van der Waals surface area contributed by atoms with Crippen LogP contribution in [-0.2, 0) is 13.0 Å². The van der Waals surface area contributed by atoms with Gasteiger partial charge in [-0.05, 0) is 31.0 Å². The zero-order valence-corrected chi connectivity index (χ0v) is 10.9. The second-order valence-corrected chi connectivity index (χ2v) is 4.58. The Balaban J connectivity index is 2.13. The molecule has 0 bridgehead atoms. The molecular weight excluding hydrogens is 253 g/mol. The highest BCUT2D eigenvalue weighted by Gasteiger charge is 2.12. The van der Waals surface area contributed by atoms with Crippen molar-refractivity contribution >= 4 is 11.6 Å². The molecule has 96 valence electrons. The minimum atomic E-state index is -0.337. The van der Waals surface area contributed by atoms with Crippen LogP contribution < -0.4 is 5.73 Å². The predicted octanol–water partition coefficient (Wildman–Crippen LogP) is 2.94. The molecule has 1 heterocycles. The number of aryl methyl sites for hydroxylation is 1. The summed E-state index contributed by atoms with van der Waals surface area (Å²) < 4.78 is 14.7. The van der Waals surface area contributed by atoms with Crippen LogP contribution in [0.3, 0.4) is 0 Å². The third-order valence-corrected chi connectivity index (χ3v) is 3.21. The van der Waals surface area contributed by atoms with Crippen molar-refractivity contribution in [3.63, 3.8) is 0 Å². The number of nitrogens with two attached hydrogens (primary N) is 1. The van der Waals surface area contributed by atoms with E-state index < -0.39 is 0 Å². The van der Waals surface area contributed by atoms with Crippen molar-refractivity contribution in [2.45, 2.75) is 25.9 Å². The minimum absolute atomic E-state index is 0.187. The summed E-state index contributed by atoms with van der Waals surface area (Å²) in [7, 11) is 0. The lowest BCUT2D eigenvalue weighted by molar-refractivity contribution is 0.625. The maximum absolute atomic E-state index is 12.9. The lowest BCUT2D eigenvalue weighted by Crippen LogP contribution is -2.13. The predicted molar refractivity (Wildman–Crippen MR) is 69.9 cm³/mol. The average molecular weight is 268 g/mol. The molecular formula is C13H15ClFN3. The van der Waals surface area contributed by atoms with Crippen molar-refractivity contribution in [1.29, 1.82) is 0 Å². The van der Waals surface area contributed by atoms with E-state index in [0.29, 0.717) is 11.4 Å². The molecule has 1 aromatic carbocycles. The van der Waals surface area contributed by atoms with Crippen LogP contribution in [0.4, 0.5) is 4.39 Å². The van der Waals surface area contributed by atoms with Gasteiger partial charge >= 0.3 is 0 Å². The van der Waals surface area contributed by atoms with Crippen LogP contribution in [0.25, 0.3) is 0 Å². The summed E-state index contributed by atoms with van der Waals surface area (Å²) in [6, 6.07) is 4.18. The summed E-state index contributed by atoms with van der Waals surface area (Å²) in [4.78, 5) is 0. The van der Waals surface area contributed by atoms with E-state index in [1.807, 2.05) is 17.8 Å². The highest BCUT2D eigenvalue weighted by atomic mass is 35.5. The first-order valence-corrected chi connectivity index (χ1v) is 6.19. The van der Waals surface area contributed by atoms with Crippen molar-refractivity contribution in [3.05, 3.63) is 52.6 Å². The monoisotopic (exact) mass is 267 g/mol. The van der Waals surface area contributed by atoms with Gasteiger partial charge in [0.1, 0.15) is 5.82 Å². The van der Waals surface area contributed by atoms with Crippen LogP contribution in [0.2, 0.25) is 5.02 Å². The smallest absolute Gasteiger partial charge is 0.124 e. The first kappa shape index (κ1) is 13.1. The molecule has 0 aliphatic rings. The van der Waals surface area contributed by atoms with E-state index in [-0.39, 0.29) is 11.9 Å². The number of hydrogen-bond donors (Lipinski definition) is 1. The van der Waals surface area contributed by atoms with Gasteiger partial charge < -0.3 is 5.73 Å². The first-order valence-electron chi connectivity index (χ1n) is 5.82. The van der Waals surface area contributed by atoms with Crippen LogP contribution in [0.1, 0.15) is 24.1 Å². The number of aromatic nitrogens is 2. The van der Waals surface area contributed by atoms with E-state index in [2.05, 4.69) is 5.10 Å². The molecule has 0 amide bonds.